The van der Waals surface area contributed by atoms with Crippen molar-refractivity contribution in [3.8, 4) is 6.07 Å². The van der Waals surface area contributed by atoms with Gasteiger partial charge in [-0.25, -0.2) is 0 Å². The third-order valence-electron chi connectivity index (χ3n) is 1.78. The molecule has 2 aromatic rings. The summed E-state index contributed by atoms with van der Waals surface area (Å²) in [6.45, 7) is 0. The second kappa shape index (κ2) is 3.20. The number of fused-ring (bicyclic) bond motifs is 1. The average molecular weight is 303 g/mol. The lowest BCUT2D eigenvalue weighted by atomic mass is 10.2. The number of hydrogen-bond acceptors (Lipinski definition) is 1. The molecule has 1 N–H and O–H groups in total. The highest BCUT2D eigenvalue weighted by atomic mass is 127. The van der Waals surface area contributed by atoms with Gasteiger partial charge in [0.15, 0.2) is 0 Å². The molecule has 0 unspecified atom stereocenters. The Labute approximate surface area is 93.6 Å². The van der Waals surface area contributed by atoms with Gasteiger partial charge >= 0.3 is 0 Å². The Bertz CT molecular complexity index is 471. The summed E-state index contributed by atoms with van der Waals surface area (Å²) in [6, 6.07) is 7.63. The molecule has 4 heteroatoms. The van der Waals surface area contributed by atoms with E-state index in [9.17, 15) is 0 Å². The Hall–Kier alpha value is -0.730. The number of hydrogen-bond donors (Lipinski definition) is 1. The maximum Gasteiger partial charge on any atom is 0.118 e. The van der Waals surface area contributed by atoms with Crippen LogP contribution in [0.15, 0.2) is 18.2 Å². The summed E-state index contributed by atoms with van der Waals surface area (Å²) in [6.07, 6.45) is 0. The topological polar surface area (TPSA) is 39.6 Å². The van der Waals surface area contributed by atoms with E-state index in [0.29, 0.717) is 5.69 Å². The highest BCUT2D eigenvalue weighted by Gasteiger charge is 2.03. The first-order valence-corrected chi connectivity index (χ1v) is 5.04. The largest absolute Gasteiger partial charge is 0.346 e. The van der Waals surface area contributed by atoms with Crippen LogP contribution >= 0.6 is 34.2 Å². The second-order valence-corrected chi connectivity index (χ2v) is 4.22. The van der Waals surface area contributed by atoms with Crippen LogP contribution in [0.25, 0.3) is 10.9 Å². The highest BCUT2D eigenvalue weighted by molar-refractivity contribution is 14.1. The molecule has 0 atom stereocenters. The van der Waals surface area contributed by atoms with E-state index in [1.54, 1.807) is 6.07 Å². The van der Waals surface area contributed by atoms with Gasteiger partial charge in [-0.05, 0) is 40.8 Å². The van der Waals surface area contributed by atoms with E-state index in [2.05, 4.69) is 33.6 Å². The summed E-state index contributed by atoms with van der Waals surface area (Å²) in [4.78, 5) is 2.99. The van der Waals surface area contributed by atoms with Gasteiger partial charge in [-0.3, -0.25) is 0 Å². The fourth-order valence-corrected chi connectivity index (χ4v) is 1.83. The van der Waals surface area contributed by atoms with E-state index in [-0.39, 0.29) is 0 Å². The number of nitrogens with zero attached hydrogens (tertiary/aromatic N) is 1. The van der Waals surface area contributed by atoms with Crippen LogP contribution in [0.2, 0.25) is 5.02 Å². The molecule has 0 bridgehead atoms. The Morgan fingerprint density at radius 3 is 2.85 bits per heavy atom. The highest BCUT2D eigenvalue weighted by Crippen LogP contribution is 2.25. The van der Waals surface area contributed by atoms with Gasteiger partial charge in [-0.2, -0.15) is 5.26 Å². The van der Waals surface area contributed by atoms with Crippen LogP contribution < -0.4 is 0 Å². The van der Waals surface area contributed by atoms with Crippen molar-refractivity contribution < 1.29 is 0 Å². The molecule has 0 fully saturated rings. The molecule has 0 saturated heterocycles. The number of halogens is 2. The predicted molar refractivity (Wildman–Crippen MR) is 60.7 cm³/mol. The smallest absolute Gasteiger partial charge is 0.118 e. The zero-order chi connectivity index (χ0) is 9.42. The molecule has 1 aromatic carbocycles. The van der Waals surface area contributed by atoms with Gasteiger partial charge in [-0.1, -0.05) is 11.6 Å². The van der Waals surface area contributed by atoms with Crippen molar-refractivity contribution in [2.45, 2.75) is 0 Å². The predicted octanol–water partition coefficient (Wildman–Crippen LogP) is 3.30. The van der Waals surface area contributed by atoms with Gasteiger partial charge in [0.2, 0.25) is 0 Å². The third-order valence-corrected chi connectivity index (χ3v) is 3.31. The third kappa shape index (κ3) is 1.52. The summed E-state index contributed by atoms with van der Waals surface area (Å²) < 4.78 is 0.984. The lowest BCUT2D eigenvalue weighted by Gasteiger charge is -1.94. The Balaban J connectivity index is 2.79. The molecule has 0 amide bonds. The zero-order valence-electron chi connectivity index (χ0n) is 6.44. The standard InChI is InChI=1S/C9H4ClIN2/c10-7-2-5-1-6(4-12)13-9(5)3-8(7)11/h1-3,13H. The number of aromatic nitrogens is 1. The number of H-pyrrole nitrogens is 1. The van der Waals surface area contributed by atoms with E-state index < -0.39 is 0 Å². The molecule has 2 nitrogen and oxygen atoms in total. The number of nitriles is 1. The Morgan fingerprint density at radius 2 is 2.15 bits per heavy atom. The molecule has 0 radical (unpaired) electrons. The van der Waals surface area contributed by atoms with Crippen molar-refractivity contribution in [2.24, 2.45) is 0 Å². The van der Waals surface area contributed by atoms with Crippen LogP contribution in [-0.4, -0.2) is 4.98 Å². The Kier molecular flexibility index (Phi) is 2.18. The van der Waals surface area contributed by atoms with E-state index in [0.717, 1.165) is 19.5 Å². The van der Waals surface area contributed by atoms with Crippen LogP contribution in [-0.2, 0) is 0 Å². The molecule has 1 heterocycles. The summed E-state index contributed by atoms with van der Waals surface area (Å²) in [7, 11) is 0. The van der Waals surface area contributed by atoms with Crippen molar-refractivity contribution in [3.05, 3.63) is 32.5 Å². The lowest BCUT2D eigenvalue weighted by Crippen LogP contribution is -1.74. The first kappa shape index (κ1) is 8.85. The number of rotatable bonds is 0. The van der Waals surface area contributed by atoms with E-state index >= 15 is 0 Å². The van der Waals surface area contributed by atoms with Crippen LogP contribution in [0, 0.1) is 14.9 Å². The van der Waals surface area contributed by atoms with Crippen LogP contribution in [0.3, 0.4) is 0 Å². The van der Waals surface area contributed by atoms with Crippen LogP contribution in [0.4, 0.5) is 0 Å². The van der Waals surface area contributed by atoms with Crippen molar-refractivity contribution in [1.29, 1.82) is 5.26 Å². The summed E-state index contributed by atoms with van der Waals surface area (Å²) in [5, 5.41) is 10.4. The average Bonchev–Trinajstić information content (AvgIpc) is 2.48. The summed E-state index contributed by atoms with van der Waals surface area (Å²) >= 11 is 8.09. The first-order chi connectivity index (χ1) is 6.20. The van der Waals surface area contributed by atoms with Gasteiger partial charge in [0, 0.05) is 14.5 Å². The molecule has 1 aromatic heterocycles. The van der Waals surface area contributed by atoms with Crippen LogP contribution in [0.1, 0.15) is 5.69 Å². The molecular weight excluding hydrogens is 298 g/mol. The van der Waals surface area contributed by atoms with Gasteiger partial charge in [-0.15, -0.1) is 0 Å². The maximum absolute atomic E-state index is 8.66. The SMILES string of the molecule is N#Cc1cc2cc(Cl)c(I)cc2[nH]1. The minimum absolute atomic E-state index is 0.563. The summed E-state index contributed by atoms with van der Waals surface area (Å²) in [5.74, 6) is 0. The van der Waals surface area contributed by atoms with E-state index in [1.807, 2.05) is 12.1 Å². The number of nitrogens with one attached hydrogen (secondary N) is 1. The molecule has 0 aliphatic rings. The quantitative estimate of drug-likeness (QED) is 0.745. The van der Waals surface area contributed by atoms with E-state index in [4.69, 9.17) is 16.9 Å². The molecule has 2 rings (SSSR count). The molecule has 0 saturated carbocycles. The second-order valence-electron chi connectivity index (χ2n) is 2.65. The molecule has 0 spiro atoms. The van der Waals surface area contributed by atoms with E-state index in [1.165, 1.54) is 0 Å². The zero-order valence-corrected chi connectivity index (χ0v) is 9.35. The van der Waals surface area contributed by atoms with Gasteiger partial charge in [0.25, 0.3) is 0 Å². The molecule has 0 aliphatic heterocycles. The lowest BCUT2D eigenvalue weighted by molar-refractivity contribution is 1.37. The number of aromatic amines is 1. The van der Waals surface area contributed by atoms with Crippen molar-refractivity contribution in [1.82, 2.24) is 4.98 Å². The Morgan fingerprint density at radius 1 is 1.38 bits per heavy atom. The minimum Gasteiger partial charge on any atom is -0.346 e. The molecular formula is C9H4ClIN2. The van der Waals surface area contributed by atoms with Crippen molar-refractivity contribution >= 4 is 45.1 Å². The van der Waals surface area contributed by atoms with Crippen molar-refractivity contribution in [2.75, 3.05) is 0 Å². The number of benzene rings is 1. The molecule has 13 heavy (non-hydrogen) atoms. The van der Waals surface area contributed by atoms with Gasteiger partial charge in [0.1, 0.15) is 11.8 Å². The fraction of sp³-hybridized carbons (Fsp3) is 0. The maximum atomic E-state index is 8.66. The summed E-state index contributed by atoms with van der Waals surface area (Å²) in [5.41, 5.74) is 1.51. The van der Waals surface area contributed by atoms with Gasteiger partial charge in [0.05, 0.1) is 5.02 Å². The fourth-order valence-electron chi connectivity index (χ4n) is 1.19. The first-order valence-electron chi connectivity index (χ1n) is 3.58. The van der Waals surface area contributed by atoms with Crippen LogP contribution in [0.5, 0.6) is 0 Å². The molecule has 64 valence electrons. The normalized spacial score (nSPS) is 10.2. The monoisotopic (exact) mass is 302 g/mol. The minimum atomic E-state index is 0.563. The van der Waals surface area contributed by atoms with Gasteiger partial charge < -0.3 is 4.98 Å². The van der Waals surface area contributed by atoms with Crippen molar-refractivity contribution in [3.63, 3.8) is 0 Å². The molecule has 0 aliphatic carbocycles.